The Kier molecular flexibility index (Phi) is 4.12. The minimum absolute atomic E-state index is 0.281. The molecule has 0 N–H and O–H groups in total. The Bertz CT molecular complexity index is 358. The highest BCUT2D eigenvalue weighted by atomic mass is 35.5. The number of carbonyl (C=O) groups excluding carboxylic acids is 2. The predicted molar refractivity (Wildman–Crippen MR) is 54.3 cm³/mol. The van der Waals surface area contributed by atoms with Gasteiger partial charge in [0.05, 0.1) is 12.2 Å². The second-order valence-electron chi connectivity index (χ2n) is 2.58. The third-order valence-electron chi connectivity index (χ3n) is 1.56. The van der Waals surface area contributed by atoms with E-state index in [0.717, 1.165) is 0 Å². The SMILES string of the molecule is CCOC(=O)c1ccc(OC(=O)Cl)cc1. The highest BCUT2D eigenvalue weighted by Gasteiger charge is 2.06. The van der Waals surface area contributed by atoms with Crippen molar-refractivity contribution in [3.63, 3.8) is 0 Å². The van der Waals surface area contributed by atoms with Crippen LogP contribution in [-0.4, -0.2) is 18.0 Å². The van der Waals surface area contributed by atoms with Crippen molar-refractivity contribution in [1.82, 2.24) is 0 Å². The molecule has 1 aromatic carbocycles. The summed E-state index contributed by atoms with van der Waals surface area (Å²) in [6.45, 7) is 2.04. The van der Waals surface area contributed by atoms with E-state index in [1.165, 1.54) is 24.3 Å². The molecule has 0 fully saturated rings. The van der Waals surface area contributed by atoms with Crippen LogP contribution < -0.4 is 4.74 Å². The van der Waals surface area contributed by atoms with Gasteiger partial charge < -0.3 is 9.47 Å². The maximum atomic E-state index is 11.2. The van der Waals surface area contributed by atoms with E-state index in [2.05, 4.69) is 4.74 Å². The standard InChI is InChI=1S/C10H9ClO4/c1-2-14-9(12)7-3-5-8(6-4-7)15-10(11)13/h3-6H,2H2,1H3. The Balaban J connectivity index is 2.71. The summed E-state index contributed by atoms with van der Waals surface area (Å²) in [5.41, 5.74) is -0.523. The fourth-order valence-corrected chi connectivity index (χ4v) is 1.06. The Hall–Kier alpha value is -1.55. The Labute approximate surface area is 91.7 Å². The van der Waals surface area contributed by atoms with Gasteiger partial charge in [-0.15, -0.1) is 0 Å². The third kappa shape index (κ3) is 3.59. The second kappa shape index (κ2) is 5.36. The molecule has 5 heteroatoms. The van der Waals surface area contributed by atoms with Crippen molar-refractivity contribution < 1.29 is 19.1 Å². The van der Waals surface area contributed by atoms with E-state index in [0.29, 0.717) is 12.2 Å². The summed E-state index contributed by atoms with van der Waals surface area (Å²) in [4.78, 5) is 21.6. The summed E-state index contributed by atoms with van der Waals surface area (Å²) in [5, 5.41) is 0. The van der Waals surface area contributed by atoms with Crippen LogP contribution in [0.1, 0.15) is 17.3 Å². The molecule has 0 saturated heterocycles. The van der Waals surface area contributed by atoms with Crippen molar-refractivity contribution in [1.29, 1.82) is 0 Å². The number of halogens is 1. The number of hydrogen-bond donors (Lipinski definition) is 0. The van der Waals surface area contributed by atoms with Crippen LogP contribution >= 0.6 is 11.6 Å². The molecule has 15 heavy (non-hydrogen) atoms. The maximum Gasteiger partial charge on any atom is 0.409 e. The van der Waals surface area contributed by atoms with Gasteiger partial charge in [-0.25, -0.2) is 9.59 Å². The molecule has 0 heterocycles. The number of carbonyl (C=O) groups is 2. The van der Waals surface area contributed by atoms with Gasteiger partial charge in [-0.3, -0.25) is 0 Å². The molecular formula is C10H9ClO4. The van der Waals surface area contributed by atoms with Gasteiger partial charge in [-0.2, -0.15) is 0 Å². The number of esters is 1. The first-order chi connectivity index (χ1) is 7.13. The number of hydrogen-bond acceptors (Lipinski definition) is 4. The second-order valence-corrected chi connectivity index (χ2v) is 2.89. The largest absolute Gasteiger partial charge is 0.462 e. The Morgan fingerprint density at radius 1 is 1.27 bits per heavy atom. The van der Waals surface area contributed by atoms with Crippen LogP contribution in [0.4, 0.5) is 4.79 Å². The molecule has 1 rings (SSSR count). The molecule has 0 aliphatic rings. The molecular weight excluding hydrogens is 220 g/mol. The summed E-state index contributed by atoms with van der Waals surface area (Å²) in [5.74, 6) is -0.135. The molecule has 80 valence electrons. The minimum Gasteiger partial charge on any atom is -0.462 e. The average molecular weight is 229 g/mol. The quantitative estimate of drug-likeness (QED) is 0.589. The van der Waals surface area contributed by atoms with Crippen LogP contribution in [0.25, 0.3) is 0 Å². The van der Waals surface area contributed by atoms with E-state index in [-0.39, 0.29) is 5.75 Å². The van der Waals surface area contributed by atoms with E-state index < -0.39 is 11.4 Å². The maximum absolute atomic E-state index is 11.2. The van der Waals surface area contributed by atoms with Crippen molar-refractivity contribution in [2.24, 2.45) is 0 Å². The molecule has 0 aliphatic heterocycles. The molecule has 0 unspecified atom stereocenters. The molecule has 4 nitrogen and oxygen atoms in total. The molecule has 0 saturated carbocycles. The Morgan fingerprint density at radius 3 is 2.33 bits per heavy atom. The molecule has 1 aromatic rings. The lowest BCUT2D eigenvalue weighted by molar-refractivity contribution is 0.0526. The first kappa shape index (κ1) is 11.5. The van der Waals surface area contributed by atoms with E-state index in [1.807, 2.05) is 0 Å². The first-order valence-electron chi connectivity index (χ1n) is 4.28. The van der Waals surface area contributed by atoms with Crippen LogP contribution in [0.5, 0.6) is 5.75 Å². The normalized spacial score (nSPS) is 9.47. The van der Waals surface area contributed by atoms with Crippen LogP contribution in [0.15, 0.2) is 24.3 Å². The predicted octanol–water partition coefficient (Wildman–Crippen LogP) is 2.60. The van der Waals surface area contributed by atoms with Gasteiger partial charge in [-0.1, -0.05) is 0 Å². The summed E-state index contributed by atoms with van der Waals surface area (Å²) in [6, 6.07) is 5.92. The lowest BCUT2D eigenvalue weighted by Gasteiger charge is -2.02. The lowest BCUT2D eigenvalue weighted by atomic mass is 10.2. The number of rotatable bonds is 3. The smallest absolute Gasteiger partial charge is 0.409 e. The highest BCUT2D eigenvalue weighted by Crippen LogP contribution is 2.13. The zero-order valence-corrected chi connectivity index (χ0v) is 8.78. The lowest BCUT2D eigenvalue weighted by Crippen LogP contribution is -2.04. The van der Waals surface area contributed by atoms with E-state index in [9.17, 15) is 9.59 Å². The molecule has 0 amide bonds. The zero-order chi connectivity index (χ0) is 11.3. The van der Waals surface area contributed by atoms with Crippen LogP contribution in [0.2, 0.25) is 0 Å². The fourth-order valence-electron chi connectivity index (χ4n) is 0.966. The monoisotopic (exact) mass is 228 g/mol. The van der Waals surface area contributed by atoms with E-state index >= 15 is 0 Å². The van der Waals surface area contributed by atoms with Gasteiger partial charge in [0.2, 0.25) is 0 Å². The van der Waals surface area contributed by atoms with E-state index in [4.69, 9.17) is 16.3 Å². The Morgan fingerprint density at radius 2 is 1.87 bits per heavy atom. The zero-order valence-electron chi connectivity index (χ0n) is 8.03. The molecule has 0 radical (unpaired) electrons. The van der Waals surface area contributed by atoms with Crippen LogP contribution in [0.3, 0.4) is 0 Å². The van der Waals surface area contributed by atoms with Crippen molar-refractivity contribution in [3.05, 3.63) is 29.8 Å². The minimum atomic E-state index is -0.918. The van der Waals surface area contributed by atoms with Gasteiger partial charge >= 0.3 is 11.4 Å². The molecule has 0 bridgehead atoms. The summed E-state index contributed by atoms with van der Waals surface area (Å²) >= 11 is 5.01. The van der Waals surface area contributed by atoms with Crippen LogP contribution in [-0.2, 0) is 4.74 Å². The first-order valence-corrected chi connectivity index (χ1v) is 4.65. The van der Waals surface area contributed by atoms with Gasteiger partial charge in [0.25, 0.3) is 0 Å². The molecule has 0 spiro atoms. The van der Waals surface area contributed by atoms with Crippen molar-refractivity contribution in [3.8, 4) is 5.75 Å². The van der Waals surface area contributed by atoms with Crippen molar-refractivity contribution in [2.75, 3.05) is 6.61 Å². The summed E-state index contributed by atoms with van der Waals surface area (Å²) in [7, 11) is 0. The van der Waals surface area contributed by atoms with Gasteiger partial charge in [0, 0.05) is 11.6 Å². The molecule has 0 atom stereocenters. The topological polar surface area (TPSA) is 52.6 Å². The van der Waals surface area contributed by atoms with Crippen LogP contribution in [0, 0.1) is 0 Å². The van der Waals surface area contributed by atoms with Gasteiger partial charge in [0.1, 0.15) is 5.75 Å². The molecule has 0 aromatic heterocycles. The van der Waals surface area contributed by atoms with Crippen molar-refractivity contribution >= 4 is 23.0 Å². The fraction of sp³-hybridized carbons (Fsp3) is 0.200. The molecule has 0 aliphatic carbocycles. The van der Waals surface area contributed by atoms with Gasteiger partial charge in [0.15, 0.2) is 0 Å². The number of ether oxygens (including phenoxy) is 2. The third-order valence-corrected chi connectivity index (χ3v) is 1.64. The van der Waals surface area contributed by atoms with Crippen molar-refractivity contribution in [2.45, 2.75) is 6.92 Å². The average Bonchev–Trinajstić information content (AvgIpc) is 2.18. The number of benzene rings is 1. The summed E-state index contributed by atoms with van der Waals surface area (Å²) in [6.07, 6.45) is 0. The summed E-state index contributed by atoms with van der Waals surface area (Å²) < 4.78 is 9.36. The van der Waals surface area contributed by atoms with E-state index in [1.54, 1.807) is 6.92 Å². The highest BCUT2D eigenvalue weighted by molar-refractivity contribution is 6.61. The van der Waals surface area contributed by atoms with Gasteiger partial charge in [-0.05, 0) is 31.2 Å².